The van der Waals surface area contributed by atoms with Gasteiger partial charge in [0.25, 0.3) is 0 Å². The van der Waals surface area contributed by atoms with Gasteiger partial charge in [0, 0.05) is 11.1 Å². The first-order chi connectivity index (χ1) is 10.5. The van der Waals surface area contributed by atoms with Crippen LogP contribution in [-0.4, -0.2) is 4.98 Å². The van der Waals surface area contributed by atoms with Crippen LogP contribution in [0.15, 0.2) is 36.4 Å². The first-order valence-corrected chi connectivity index (χ1v) is 7.82. The van der Waals surface area contributed by atoms with Crippen molar-refractivity contribution >= 4 is 45.5 Å². The smallest absolute Gasteiger partial charge is 0.0955 e. The predicted octanol–water partition coefficient (Wildman–Crippen LogP) is 6.21. The summed E-state index contributed by atoms with van der Waals surface area (Å²) in [6, 6.07) is 11.9. The molecule has 1 aromatic heterocycles. The Morgan fingerprint density at radius 3 is 2.32 bits per heavy atom. The fourth-order valence-corrected chi connectivity index (χ4v) is 2.91. The van der Waals surface area contributed by atoms with E-state index in [9.17, 15) is 0 Å². The maximum atomic E-state index is 6.47. The molecule has 3 aromatic rings. The number of hydrogen-bond donors (Lipinski definition) is 1. The van der Waals surface area contributed by atoms with Gasteiger partial charge in [0.1, 0.15) is 0 Å². The minimum Gasteiger partial charge on any atom is -0.353 e. The van der Waals surface area contributed by atoms with Crippen molar-refractivity contribution < 1.29 is 0 Å². The van der Waals surface area contributed by atoms with Crippen molar-refractivity contribution in [2.45, 2.75) is 20.8 Å². The van der Waals surface area contributed by atoms with Crippen LogP contribution >= 0.6 is 23.2 Å². The van der Waals surface area contributed by atoms with Crippen molar-refractivity contribution in [2.75, 3.05) is 5.32 Å². The summed E-state index contributed by atoms with van der Waals surface area (Å²) in [5.41, 5.74) is 5.60. The Kier molecular flexibility index (Phi) is 3.98. The third kappa shape index (κ3) is 2.53. The topological polar surface area (TPSA) is 24.9 Å². The number of aromatic nitrogens is 1. The Bertz CT molecular complexity index is 873. The van der Waals surface area contributed by atoms with E-state index in [0.29, 0.717) is 0 Å². The molecule has 0 aliphatic heterocycles. The molecule has 0 amide bonds. The number of aryl methyl sites for hydroxylation is 2. The van der Waals surface area contributed by atoms with Crippen LogP contribution in [0, 0.1) is 20.8 Å². The standard InChI is InChI=1S/C18H16Cl2N2/c1-10-6-4-8-14(16(10)19)22-15-9-5-7-13-17(20)11(2)12(3)21-18(13)15/h4-9,22H,1-3H3. The maximum Gasteiger partial charge on any atom is 0.0955 e. The summed E-state index contributed by atoms with van der Waals surface area (Å²) < 4.78 is 0. The summed E-state index contributed by atoms with van der Waals surface area (Å²) in [7, 11) is 0. The summed E-state index contributed by atoms with van der Waals surface area (Å²) in [5, 5.41) is 5.79. The van der Waals surface area contributed by atoms with Gasteiger partial charge in [0.15, 0.2) is 0 Å². The Balaban J connectivity index is 2.18. The first kappa shape index (κ1) is 15.1. The van der Waals surface area contributed by atoms with Crippen LogP contribution in [0.2, 0.25) is 10.0 Å². The molecule has 0 spiro atoms. The van der Waals surface area contributed by atoms with Crippen molar-refractivity contribution in [1.29, 1.82) is 0 Å². The summed E-state index contributed by atoms with van der Waals surface area (Å²) in [4.78, 5) is 4.69. The van der Waals surface area contributed by atoms with E-state index in [1.54, 1.807) is 0 Å². The molecule has 4 heteroatoms. The van der Waals surface area contributed by atoms with Gasteiger partial charge in [0.05, 0.1) is 26.9 Å². The van der Waals surface area contributed by atoms with Crippen molar-refractivity contribution in [3.05, 3.63) is 63.3 Å². The summed E-state index contributed by atoms with van der Waals surface area (Å²) in [6.45, 7) is 5.94. The molecule has 0 aliphatic carbocycles. The zero-order valence-corrected chi connectivity index (χ0v) is 14.2. The Hall–Kier alpha value is -1.77. The van der Waals surface area contributed by atoms with Crippen molar-refractivity contribution in [2.24, 2.45) is 0 Å². The molecule has 0 atom stereocenters. The molecule has 0 saturated carbocycles. The van der Waals surface area contributed by atoms with E-state index in [2.05, 4.69) is 5.32 Å². The van der Waals surface area contributed by atoms with Gasteiger partial charge in [-0.05, 0) is 44.0 Å². The number of hydrogen-bond acceptors (Lipinski definition) is 2. The lowest BCUT2D eigenvalue weighted by Crippen LogP contribution is -1.97. The van der Waals surface area contributed by atoms with Crippen LogP contribution in [0.5, 0.6) is 0 Å². The van der Waals surface area contributed by atoms with Gasteiger partial charge in [0.2, 0.25) is 0 Å². The van der Waals surface area contributed by atoms with Crippen molar-refractivity contribution in [3.63, 3.8) is 0 Å². The number of halogens is 2. The van der Waals surface area contributed by atoms with Crippen LogP contribution in [0.25, 0.3) is 10.9 Å². The molecule has 2 nitrogen and oxygen atoms in total. The van der Waals surface area contributed by atoms with Crippen LogP contribution in [-0.2, 0) is 0 Å². The number of nitrogens with zero attached hydrogens (tertiary/aromatic N) is 1. The highest BCUT2D eigenvalue weighted by atomic mass is 35.5. The zero-order chi connectivity index (χ0) is 15.9. The lowest BCUT2D eigenvalue weighted by atomic mass is 10.1. The maximum absolute atomic E-state index is 6.47. The molecule has 0 fully saturated rings. The second-order valence-corrected chi connectivity index (χ2v) is 6.16. The predicted molar refractivity (Wildman–Crippen MR) is 95.7 cm³/mol. The van der Waals surface area contributed by atoms with E-state index in [4.69, 9.17) is 28.2 Å². The molecule has 22 heavy (non-hydrogen) atoms. The largest absolute Gasteiger partial charge is 0.353 e. The molecule has 1 heterocycles. The zero-order valence-electron chi connectivity index (χ0n) is 12.7. The van der Waals surface area contributed by atoms with E-state index in [1.165, 1.54) is 0 Å². The van der Waals surface area contributed by atoms with Crippen LogP contribution in [0.1, 0.15) is 16.8 Å². The number of pyridine rings is 1. The Morgan fingerprint density at radius 1 is 0.864 bits per heavy atom. The van der Waals surface area contributed by atoms with Gasteiger partial charge >= 0.3 is 0 Å². The minimum atomic E-state index is 0.717. The first-order valence-electron chi connectivity index (χ1n) is 7.06. The lowest BCUT2D eigenvalue weighted by molar-refractivity contribution is 1.20. The van der Waals surface area contributed by atoms with E-state index in [1.807, 2.05) is 57.2 Å². The van der Waals surface area contributed by atoms with Gasteiger partial charge in [-0.1, -0.05) is 47.5 Å². The molecule has 0 radical (unpaired) electrons. The van der Waals surface area contributed by atoms with Crippen LogP contribution in [0.3, 0.4) is 0 Å². The fraction of sp³-hybridized carbons (Fsp3) is 0.167. The highest BCUT2D eigenvalue weighted by Crippen LogP contribution is 2.34. The van der Waals surface area contributed by atoms with Gasteiger partial charge in [-0.25, -0.2) is 0 Å². The van der Waals surface area contributed by atoms with E-state index < -0.39 is 0 Å². The average Bonchev–Trinajstić information content (AvgIpc) is 2.50. The Labute approximate surface area is 140 Å². The molecule has 112 valence electrons. The number of benzene rings is 2. The monoisotopic (exact) mass is 330 g/mol. The minimum absolute atomic E-state index is 0.717. The molecular formula is C18H16Cl2N2. The third-order valence-corrected chi connectivity index (χ3v) is 4.87. The van der Waals surface area contributed by atoms with Crippen molar-refractivity contribution in [1.82, 2.24) is 4.98 Å². The number of fused-ring (bicyclic) bond motifs is 1. The molecule has 2 aromatic carbocycles. The van der Waals surface area contributed by atoms with E-state index >= 15 is 0 Å². The number of nitrogens with one attached hydrogen (secondary N) is 1. The molecule has 0 saturated heterocycles. The summed E-state index contributed by atoms with van der Waals surface area (Å²) in [5.74, 6) is 0. The highest BCUT2D eigenvalue weighted by Gasteiger charge is 2.11. The Morgan fingerprint density at radius 2 is 1.55 bits per heavy atom. The van der Waals surface area contributed by atoms with Gasteiger partial charge in [-0.2, -0.15) is 0 Å². The molecule has 0 unspecified atom stereocenters. The third-order valence-electron chi connectivity index (χ3n) is 3.89. The van der Waals surface area contributed by atoms with Gasteiger partial charge in [-0.15, -0.1) is 0 Å². The number of rotatable bonds is 2. The molecule has 3 rings (SSSR count). The average molecular weight is 331 g/mol. The molecular weight excluding hydrogens is 315 g/mol. The number of para-hydroxylation sites is 1. The normalized spacial score (nSPS) is 11.0. The fourth-order valence-electron chi connectivity index (χ4n) is 2.44. The van der Waals surface area contributed by atoms with Crippen LogP contribution < -0.4 is 5.32 Å². The van der Waals surface area contributed by atoms with Crippen LogP contribution in [0.4, 0.5) is 11.4 Å². The van der Waals surface area contributed by atoms with Gasteiger partial charge < -0.3 is 5.32 Å². The lowest BCUT2D eigenvalue weighted by Gasteiger charge is -2.14. The SMILES string of the molecule is Cc1cccc(Nc2cccc3c(Cl)c(C)c(C)nc23)c1Cl. The molecule has 0 bridgehead atoms. The van der Waals surface area contributed by atoms with E-state index in [-0.39, 0.29) is 0 Å². The van der Waals surface area contributed by atoms with Gasteiger partial charge in [-0.3, -0.25) is 4.98 Å². The van der Waals surface area contributed by atoms with E-state index in [0.717, 1.165) is 49.1 Å². The molecule has 0 aliphatic rings. The quantitative estimate of drug-likeness (QED) is 0.604. The molecule has 1 N–H and O–H groups in total. The number of anilines is 2. The summed E-state index contributed by atoms with van der Waals surface area (Å²) >= 11 is 12.8. The van der Waals surface area contributed by atoms with Crippen molar-refractivity contribution in [3.8, 4) is 0 Å². The second-order valence-electron chi connectivity index (χ2n) is 5.40. The highest BCUT2D eigenvalue weighted by molar-refractivity contribution is 6.36. The second kappa shape index (κ2) is 5.79. The summed E-state index contributed by atoms with van der Waals surface area (Å²) in [6.07, 6.45) is 0.